The second-order valence-corrected chi connectivity index (χ2v) is 21.4. The van der Waals surface area contributed by atoms with E-state index >= 15 is 0 Å². The summed E-state index contributed by atoms with van der Waals surface area (Å²) in [4.78, 5) is -3.22. The summed E-state index contributed by atoms with van der Waals surface area (Å²) in [5, 5.41) is 58.3. The number of anilines is 4. The Morgan fingerprint density at radius 1 is 0.614 bits per heavy atom. The average Bonchev–Trinajstić information content (AvgIpc) is 3.29. The van der Waals surface area contributed by atoms with Crippen LogP contribution in [0.1, 0.15) is 0 Å². The number of nitrogen functional groups attached to an aromatic ring is 3. The van der Waals surface area contributed by atoms with Crippen molar-refractivity contribution >= 4 is 132 Å². The summed E-state index contributed by atoms with van der Waals surface area (Å²) in [5.41, 5.74) is 17.0. The molecule has 0 amide bonds. The molecule has 0 aliphatic carbocycles. The Labute approximate surface area is 403 Å². The number of nitrogens with zero attached hydrogens (tertiary/aromatic N) is 6. The summed E-state index contributed by atoms with van der Waals surface area (Å²) >= 11 is 0.268. The van der Waals surface area contributed by atoms with Crippen molar-refractivity contribution in [2.75, 3.05) is 34.3 Å². The maximum atomic E-state index is 13.2. The summed E-state index contributed by atoms with van der Waals surface area (Å²) in [6, 6.07) is 19.4. The van der Waals surface area contributed by atoms with Gasteiger partial charge in [0.25, 0.3) is 30.3 Å². The first-order chi connectivity index (χ1) is 33.0. The van der Waals surface area contributed by atoms with E-state index in [0.717, 1.165) is 36.4 Å². The third-order valence-corrected chi connectivity index (χ3v) is 14.8. The Hall–Kier alpha value is -6.48. The van der Waals surface area contributed by atoms with Gasteiger partial charge in [0.1, 0.15) is 32.5 Å². The van der Waals surface area contributed by atoms with Crippen LogP contribution in [-0.4, -0.2) is 70.8 Å². The minimum absolute atomic E-state index is 0.0863. The minimum Gasteiger partial charge on any atom is -0.505 e. The zero-order valence-corrected chi connectivity index (χ0v) is 39.5. The van der Waals surface area contributed by atoms with Crippen LogP contribution in [-0.2, 0) is 63.0 Å². The topological polar surface area (TPSA) is 448 Å². The molecule has 0 aromatic heterocycles. The highest BCUT2D eigenvalue weighted by Gasteiger charge is 2.27. The summed E-state index contributed by atoms with van der Waals surface area (Å²) in [6.07, 6.45) is 0. The fourth-order valence-corrected chi connectivity index (χ4v) is 10.2. The van der Waals surface area contributed by atoms with Crippen LogP contribution in [0.3, 0.4) is 0 Å². The van der Waals surface area contributed by atoms with Gasteiger partial charge >= 0.3 is 0 Å². The second kappa shape index (κ2) is 22.1. The molecule has 28 nitrogen and oxygen atoms in total. The molecule has 0 aliphatic rings. The predicted molar refractivity (Wildman–Crippen MR) is 249 cm³/mol. The molecule has 370 valence electrons. The first kappa shape index (κ1) is 52.9. The first-order valence-electron chi connectivity index (χ1n) is 18.5. The van der Waals surface area contributed by atoms with Gasteiger partial charge in [-0.25, -0.2) is 27.4 Å². The van der Waals surface area contributed by atoms with Crippen molar-refractivity contribution in [2.45, 2.75) is 24.5 Å². The van der Waals surface area contributed by atoms with Gasteiger partial charge in [0.15, 0.2) is 27.9 Å². The number of nitrogens with two attached hydrogens (primary N) is 3. The molecule has 0 saturated carbocycles. The molecule has 0 atom stereocenters. The van der Waals surface area contributed by atoms with Gasteiger partial charge < -0.3 is 22.3 Å². The molecule has 0 aliphatic heterocycles. The number of hydrogen-bond donors (Lipinski definition) is 9. The molecule has 6 aromatic carbocycles. The van der Waals surface area contributed by atoms with Crippen LogP contribution in [0.4, 0.5) is 56.9 Å². The summed E-state index contributed by atoms with van der Waals surface area (Å²) in [6.45, 7) is -0.543. The number of sulfone groups is 1. The number of azo groups is 3. The number of sulfonamides is 1. The van der Waals surface area contributed by atoms with Crippen molar-refractivity contribution < 1.29 is 81.3 Å². The lowest BCUT2D eigenvalue weighted by atomic mass is 10.1. The lowest BCUT2D eigenvalue weighted by molar-refractivity contribution is -0.434. The summed E-state index contributed by atoms with van der Waals surface area (Å²) in [5.74, 6) is -1.78. The molecule has 0 spiro atoms. The molecule has 70 heavy (non-hydrogen) atoms. The molecule has 0 bridgehead atoms. The quantitative estimate of drug-likeness (QED) is 0.00626. The maximum absolute atomic E-state index is 13.2. The number of fused-ring (bicyclic) bond motifs is 1. The van der Waals surface area contributed by atoms with Crippen LogP contribution in [0.15, 0.2) is 152 Å². The third kappa shape index (κ3) is 13.0. The average molecular weight is 1090 g/mol. The Kier molecular flexibility index (Phi) is 16.7. The number of benzene rings is 6. The molecule has 12 N–H and O–H groups in total. The molecular formula is C36H32N10O18S6. The highest BCUT2D eigenvalue weighted by Crippen LogP contribution is 2.49. The van der Waals surface area contributed by atoms with Crippen LogP contribution in [0.2, 0.25) is 0 Å². The van der Waals surface area contributed by atoms with Gasteiger partial charge in [-0.15, -0.1) is 29.1 Å². The Balaban J connectivity index is 1.30. The van der Waals surface area contributed by atoms with Gasteiger partial charge in [0.05, 0.1) is 67.2 Å². The molecule has 6 aromatic rings. The zero-order chi connectivity index (χ0) is 51.0. The number of hydrogen-bond acceptors (Lipinski definition) is 27. The van der Waals surface area contributed by atoms with Crippen LogP contribution in [0.25, 0.3) is 10.8 Å². The largest absolute Gasteiger partial charge is 0.505 e. The Morgan fingerprint density at radius 2 is 1.20 bits per heavy atom. The van der Waals surface area contributed by atoms with E-state index in [2.05, 4.69) is 54.2 Å². The van der Waals surface area contributed by atoms with Gasteiger partial charge in [-0.05, 0) is 102 Å². The zero-order valence-electron chi connectivity index (χ0n) is 34.6. The molecule has 34 heteroatoms. The minimum atomic E-state index is -5.24. The Morgan fingerprint density at radius 3 is 1.83 bits per heavy atom. The lowest BCUT2D eigenvalue weighted by Gasteiger charge is -2.14. The number of aromatic hydroxyl groups is 1. The van der Waals surface area contributed by atoms with Gasteiger partial charge in [0, 0.05) is 11.4 Å². The summed E-state index contributed by atoms with van der Waals surface area (Å²) < 4.78 is 138. The lowest BCUT2D eigenvalue weighted by Crippen LogP contribution is -2.12. The number of nitrogens with one attached hydrogen (secondary N) is 1. The van der Waals surface area contributed by atoms with Crippen LogP contribution >= 0.6 is 24.4 Å². The van der Waals surface area contributed by atoms with Crippen molar-refractivity contribution in [3.63, 3.8) is 0 Å². The van der Waals surface area contributed by atoms with Crippen LogP contribution in [0, 0.1) is 0 Å². The van der Waals surface area contributed by atoms with E-state index in [9.17, 15) is 47.9 Å². The van der Waals surface area contributed by atoms with Crippen molar-refractivity contribution in [1.29, 1.82) is 0 Å². The van der Waals surface area contributed by atoms with Gasteiger partial charge in [-0.3, -0.25) is 18.0 Å². The fraction of sp³-hybridized carbons (Fsp3) is 0.0556. The molecule has 6 rings (SSSR count). The van der Waals surface area contributed by atoms with Crippen LogP contribution < -0.4 is 21.9 Å². The van der Waals surface area contributed by atoms with Crippen molar-refractivity contribution in [1.82, 2.24) is 0 Å². The number of phenols is 1. The molecule has 0 unspecified atom stereocenters. The van der Waals surface area contributed by atoms with E-state index in [1.54, 1.807) is 12.1 Å². The van der Waals surface area contributed by atoms with E-state index in [1.807, 2.05) is 0 Å². The van der Waals surface area contributed by atoms with Gasteiger partial charge in [0.2, 0.25) is 0 Å². The fourth-order valence-electron chi connectivity index (χ4n) is 5.82. The SMILES string of the molecule is Nc1ccc(N=Nc2ccc(NS(=O)(=O)c3ccc(N=Nc4c(S(=O)(=O)O)cc5cc(SOOO)c(N=Nc6ccc(S(=O)(=O)CCOSOOO)cc6S(=O)(=O)O)c(N)c5c4O)cc3)cc2)c(N)c1. The number of rotatable bonds is 21. The standard InChI is InChI=1S/C36H32N10O18S6/c37-20-1-11-27(26(38)17-20)42-40-21-2-4-23(5-3-21)46-68(52,53)24-8-6-22(7-9-24)41-45-35-31(70(57,58)59)16-19-15-29(65-63-61-48)34(33(39)32(19)36(35)47)44-43-28-12-10-25(18-30(28)69(54,55)56)67(50,51)14-13-60-66-64-62-49/h1-12,15-18,46-49H,13-14,37-39H2,(H,54,55,56)(H,57,58,59). The molecule has 0 saturated heterocycles. The smallest absolute Gasteiger partial charge is 0.296 e. The third-order valence-electron chi connectivity index (χ3n) is 8.97. The highest BCUT2D eigenvalue weighted by atomic mass is 32.2. The predicted octanol–water partition coefficient (Wildman–Crippen LogP) is 8.04. The van der Waals surface area contributed by atoms with E-state index in [4.69, 9.17) is 31.9 Å². The Bertz CT molecular complexity index is 3500. The van der Waals surface area contributed by atoms with Gasteiger partial charge in [-0.2, -0.15) is 27.1 Å². The second-order valence-electron chi connectivity index (χ2n) is 13.5. The first-order valence-corrected chi connectivity index (χ1v) is 25.9. The monoisotopic (exact) mass is 1080 g/mol. The van der Waals surface area contributed by atoms with Crippen LogP contribution in [0.5, 0.6) is 5.75 Å². The molecule has 0 radical (unpaired) electrons. The van der Waals surface area contributed by atoms with E-state index < -0.39 is 101 Å². The van der Waals surface area contributed by atoms with Crippen molar-refractivity contribution in [3.05, 3.63) is 97.1 Å². The van der Waals surface area contributed by atoms with Gasteiger partial charge in [-0.1, -0.05) is 10.1 Å². The molecule has 0 fully saturated rings. The van der Waals surface area contributed by atoms with E-state index in [0.29, 0.717) is 28.8 Å². The highest BCUT2D eigenvalue weighted by molar-refractivity contribution is 7.94. The molecular weight excluding hydrogens is 1050 g/mol. The summed E-state index contributed by atoms with van der Waals surface area (Å²) in [7, 11) is -19.0. The van der Waals surface area contributed by atoms with E-state index in [1.165, 1.54) is 42.5 Å². The van der Waals surface area contributed by atoms with Crippen molar-refractivity contribution in [2.24, 2.45) is 30.7 Å². The number of phenolic OH excluding ortho intramolecular Hbond substituents is 1. The maximum Gasteiger partial charge on any atom is 0.296 e. The normalized spacial score (nSPS) is 12.7. The van der Waals surface area contributed by atoms with Crippen molar-refractivity contribution in [3.8, 4) is 5.75 Å². The van der Waals surface area contributed by atoms with E-state index in [-0.39, 0.29) is 50.9 Å². The molecule has 0 heterocycles.